The van der Waals surface area contributed by atoms with Gasteiger partial charge in [0, 0.05) is 76.2 Å². The molecule has 242 valence electrons. The normalized spacial score (nSPS) is 19.3. The van der Waals surface area contributed by atoms with Crippen molar-refractivity contribution in [3.05, 3.63) is 63.4 Å². The first-order valence-electron chi connectivity index (χ1n) is 14.4. The van der Waals surface area contributed by atoms with Crippen molar-refractivity contribution in [2.45, 2.75) is 41.6 Å². The number of carbonyl (C=O) groups is 2. The van der Waals surface area contributed by atoms with Crippen molar-refractivity contribution in [1.29, 1.82) is 0 Å². The first-order valence-corrected chi connectivity index (χ1v) is 20.6. The van der Waals surface area contributed by atoms with Crippen molar-refractivity contribution in [2.75, 3.05) is 57.3 Å². The molecule has 0 spiro atoms. The Kier molecular flexibility index (Phi) is 12.3. The molecule has 1 N–H and O–H groups in total. The Morgan fingerprint density at radius 3 is 2.55 bits per heavy atom. The zero-order valence-electron chi connectivity index (χ0n) is 25.4. The summed E-state index contributed by atoms with van der Waals surface area (Å²) in [5.74, 6) is 0.198. The zero-order chi connectivity index (χ0) is 32.1. The van der Waals surface area contributed by atoms with Crippen molar-refractivity contribution in [3.63, 3.8) is 0 Å². The molecule has 2 amide bonds. The maximum atomic E-state index is 15.7. The van der Waals surface area contributed by atoms with Crippen LogP contribution in [-0.2, 0) is 20.3 Å². The standard InChI is InChI=1S/C31H40BrClFN3O4S3/c1-22(11-17-43(40)24-20-36(21-24)30(39)41-16-18-44(2,3)4)35-29(38)31(34)12-14-37(15-13-31)42-28-10-9-23(32)19-26(28)25-7-5-6-8-27(25)33/h5-11,17,19,22,24H,12-16,18,20-21H2,1-4H3,(H,35,38)/b17-11+. The van der Waals surface area contributed by atoms with Crippen LogP contribution in [0.1, 0.15) is 19.8 Å². The van der Waals surface area contributed by atoms with Gasteiger partial charge in [-0.15, -0.1) is 0 Å². The van der Waals surface area contributed by atoms with Crippen molar-refractivity contribution < 1.29 is 22.9 Å². The number of ether oxygens (including phenoxy) is 1. The smallest absolute Gasteiger partial charge is 0.409 e. The second kappa shape index (κ2) is 15.3. The molecule has 0 saturated carbocycles. The van der Waals surface area contributed by atoms with Gasteiger partial charge in [-0.25, -0.2) is 23.5 Å². The highest BCUT2D eigenvalue weighted by Crippen LogP contribution is 2.40. The number of halogens is 3. The molecule has 2 unspecified atom stereocenters. The third kappa shape index (κ3) is 9.72. The van der Waals surface area contributed by atoms with Crippen LogP contribution in [0, 0.1) is 0 Å². The summed E-state index contributed by atoms with van der Waals surface area (Å²) >= 11 is 11.6. The first-order chi connectivity index (χ1) is 20.7. The maximum absolute atomic E-state index is 15.7. The van der Waals surface area contributed by atoms with Crippen LogP contribution in [0.4, 0.5) is 9.18 Å². The Bertz CT molecular complexity index is 1400. The molecule has 0 aromatic heterocycles. The number of carbonyl (C=O) groups excluding carboxylic acids is 2. The molecule has 2 heterocycles. The summed E-state index contributed by atoms with van der Waals surface area (Å²) in [7, 11) is -2.06. The second-order valence-electron chi connectivity index (χ2n) is 12.0. The summed E-state index contributed by atoms with van der Waals surface area (Å²) in [6.45, 7) is 3.65. The molecule has 44 heavy (non-hydrogen) atoms. The van der Waals surface area contributed by atoms with Gasteiger partial charge in [0.1, 0.15) is 6.61 Å². The molecule has 2 aliphatic rings. The van der Waals surface area contributed by atoms with Crippen molar-refractivity contribution in [1.82, 2.24) is 14.5 Å². The van der Waals surface area contributed by atoms with Gasteiger partial charge in [-0.3, -0.25) is 9.00 Å². The minimum absolute atomic E-state index is 0.0667. The molecule has 2 aromatic rings. The molecule has 2 atom stereocenters. The van der Waals surface area contributed by atoms with Crippen LogP contribution in [0.25, 0.3) is 11.1 Å². The van der Waals surface area contributed by atoms with Gasteiger partial charge in [-0.05, 0) is 67.5 Å². The summed E-state index contributed by atoms with van der Waals surface area (Å²) in [6, 6.07) is 13.2. The molecule has 2 fully saturated rings. The van der Waals surface area contributed by atoms with E-state index < -0.39 is 38.4 Å². The highest BCUT2D eigenvalue weighted by molar-refractivity contribution is 9.10. The molecule has 7 nitrogen and oxygen atoms in total. The van der Waals surface area contributed by atoms with E-state index in [-0.39, 0.29) is 24.2 Å². The van der Waals surface area contributed by atoms with E-state index in [9.17, 15) is 13.8 Å². The minimum atomic E-state index is -1.98. The van der Waals surface area contributed by atoms with Crippen LogP contribution < -0.4 is 5.32 Å². The van der Waals surface area contributed by atoms with Crippen LogP contribution in [0.3, 0.4) is 0 Å². The summed E-state index contributed by atoms with van der Waals surface area (Å²) in [5.41, 5.74) is -0.0803. The van der Waals surface area contributed by atoms with E-state index in [0.29, 0.717) is 37.8 Å². The molecule has 0 bridgehead atoms. The molecule has 2 aromatic carbocycles. The molecule has 13 heteroatoms. The SMILES string of the molecule is CC(/C=C/S(=O)C1CN(C(=O)OCCS(C)(C)C)C1)NC(=O)C1(F)CCN(Sc2ccc(Br)cc2-c2ccccc2Cl)CC1. The van der Waals surface area contributed by atoms with Gasteiger partial charge in [0.15, 0.2) is 5.67 Å². The van der Waals surface area contributed by atoms with Gasteiger partial charge in [0.05, 0.1) is 16.0 Å². The number of likely N-dealkylation sites (tertiary alicyclic amines) is 1. The second-order valence-corrected chi connectivity index (χ2v) is 20.6. The number of hydrogen-bond donors (Lipinski definition) is 1. The molecule has 2 aliphatic heterocycles. The lowest BCUT2D eigenvalue weighted by molar-refractivity contribution is -0.135. The molecule has 0 aliphatic carbocycles. The van der Waals surface area contributed by atoms with Crippen LogP contribution in [0.2, 0.25) is 5.02 Å². The van der Waals surface area contributed by atoms with Crippen LogP contribution in [0.5, 0.6) is 0 Å². The lowest BCUT2D eigenvalue weighted by Gasteiger charge is -2.37. The van der Waals surface area contributed by atoms with Crippen molar-refractivity contribution in [2.24, 2.45) is 0 Å². The van der Waals surface area contributed by atoms with Gasteiger partial charge < -0.3 is 15.0 Å². The summed E-state index contributed by atoms with van der Waals surface area (Å²) < 4.78 is 36.8. The third-order valence-corrected chi connectivity index (χ3v) is 12.2. The number of amides is 2. The minimum Gasteiger partial charge on any atom is -0.449 e. The van der Waals surface area contributed by atoms with E-state index in [0.717, 1.165) is 26.2 Å². The maximum Gasteiger partial charge on any atom is 0.409 e. The number of nitrogens with zero attached hydrogens (tertiary/aromatic N) is 2. The van der Waals surface area contributed by atoms with Gasteiger partial charge in [0.2, 0.25) is 0 Å². The Balaban J connectivity index is 1.22. The average molecular weight is 749 g/mol. The lowest BCUT2D eigenvalue weighted by atomic mass is 9.93. The van der Waals surface area contributed by atoms with E-state index in [1.165, 1.54) is 17.4 Å². The topological polar surface area (TPSA) is 79.0 Å². The van der Waals surface area contributed by atoms with Crippen LogP contribution in [-0.4, -0.2) is 99.7 Å². The third-order valence-electron chi connectivity index (χ3n) is 7.47. The average Bonchev–Trinajstić information content (AvgIpc) is 2.93. The number of alkyl halides is 1. The molecular formula is C31H40BrClFN3O4S3. The van der Waals surface area contributed by atoms with E-state index in [4.69, 9.17) is 16.3 Å². The zero-order valence-corrected chi connectivity index (χ0v) is 30.2. The molecule has 2 saturated heterocycles. The van der Waals surface area contributed by atoms with Gasteiger partial charge in [-0.1, -0.05) is 51.8 Å². The lowest BCUT2D eigenvalue weighted by Crippen LogP contribution is -2.55. The fourth-order valence-corrected chi connectivity index (χ4v) is 8.15. The molecule has 0 radical (unpaired) electrons. The summed E-state index contributed by atoms with van der Waals surface area (Å²) in [4.78, 5) is 27.6. The number of hydrogen-bond acceptors (Lipinski definition) is 6. The van der Waals surface area contributed by atoms with Crippen LogP contribution in [0.15, 0.2) is 63.3 Å². The number of nitrogens with one attached hydrogen (secondary N) is 1. The fraction of sp³-hybridized carbons (Fsp3) is 0.484. The van der Waals surface area contributed by atoms with E-state index in [2.05, 4.69) is 44.3 Å². The van der Waals surface area contributed by atoms with Gasteiger partial charge >= 0.3 is 6.09 Å². The van der Waals surface area contributed by atoms with Crippen molar-refractivity contribution in [3.8, 4) is 11.1 Å². The van der Waals surface area contributed by atoms with Crippen molar-refractivity contribution >= 4 is 72.3 Å². The Morgan fingerprint density at radius 1 is 1.20 bits per heavy atom. The van der Waals surface area contributed by atoms with Crippen LogP contribution >= 0.6 is 49.5 Å². The number of piperidine rings is 1. The number of benzene rings is 2. The van der Waals surface area contributed by atoms with E-state index in [1.807, 2.05) is 42.5 Å². The predicted molar refractivity (Wildman–Crippen MR) is 187 cm³/mol. The molecular weight excluding hydrogens is 709 g/mol. The van der Waals surface area contributed by atoms with E-state index in [1.54, 1.807) is 17.9 Å². The van der Waals surface area contributed by atoms with E-state index >= 15 is 4.39 Å². The monoisotopic (exact) mass is 747 g/mol. The Labute approximate surface area is 281 Å². The molecule has 4 rings (SSSR count). The largest absolute Gasteiger partial charge is 0.449 e. The predicted octanol–water partition coefficient (Wildman–Crippen LogP) is 6.86. The first kappa shape index (κ1) is 35.3. The summed E-state index contributed by atoms with van der Waals surface area (Å²) in [6.07, 6.45) is 7.88. The highest BCUT2D eigenvalue weighted by atomic mass is 79.9. The van der Waals surface area contributed by atoms with Gasteiger partial charge in [0.25, 0.3) is 5.91 Å². The number of rotatable bonds is 11. The summed E-state index contributed by atoms with van der Waals surface area (Å²) in [5, 5.41) is 4.72. The highest BCUT2D eigenvalue weighted by Gasteiger charge is 2.42. The van der Waals surface area contributed by atoms with Gasteiger partial charge in [-0.2, -0.15) is 0 Å². The Morgan fingerprint density at radius 2 is 1.89 bits per heavy atom. The fourth-order valence-electron chi connectivity index (χ4n) is 4.67. The quantitative estimate of drug-likeness (QED) is 0.253. The Hall–Kier alpha value is -1.57.